The third-order valence-electron chi connectivity index (χ3n) is 5.99. The van der Waals surface area contributed by atoms with Gasteiger partial charge in [-0.05, 0) is 46.5 Å². The van der Waals surface area contributed by atoms with Gasteiger partial charge < -0.3 is 4.84 Å². The molecule has 1 N–H and O–H groups in total. The molecule has 1 heterocycles. The van der Waals surface area contributed by atoms with Crippen LogP contribution in [0.4, 0.5) is 16.2 Å². The third-order valence-corrected chi connectivity index (χ3v) is 5.99. The molecule has 35 heavy (non-hydrogen) atoms. The molecule has 9 heteroatoms. The van der Waals surface area contributed by atoms with Crippen LogP contribution in [0.2, 0.25) is 0 Å². The molecule has 0 atom stereocenters. The first kappa shape index (κ1) is 22.3. The lowest BCUT2D eigenvalue weighted by Crippen LogP contribution is -2.33. The largest absolute Gasteiger partial charge is 0.436 e. The Morgan fingerprint density at radius 3 is 2.06 bits per heavy atom. The molecule has 0 aromatic heterocycles. The van der Waals surface area contributed by atoms with Crippen molar-refractivity contribution in [1.82, 2.24) is 5.06 Å². The smallest absolute Gasteiger partial charge is 0.311 e. The summed E-state index contributed by atoms with van der Waals surface area (Å²) in [5.74, 6) is -1.14. The molecule has 1 saturated heterocycles. The van der Waals surface area contributed by atoms with Crippen molar-refractivity contribution < 1.29 is 28.9 Å². The number of rotatable bonds is 7. The van der Waals surface area contributed by atoms with Crippen LogP contribution in [0.5, 0.6) is 0 Å². The maximum atomic E-state index is 12.0. The van der Waals surface area contributed by atoms with Crippen LogP contribution in [0.1, 0.15) is 29.9 Å². The van der Waals surface area contributed by atoms with E-state index in [9.17, 15) is 19.2 Å². The zero-order chi connectivity index (χ0) is 24.4. The Hall–Kier alpha value is -4.50. The molecule has 0 radical (unpaired) electrons. The summed E-state index contributed by atoms with van der Waals surface area (Å²) in [6.45, 7) is 0.261. The molecule has 1 aliphatic carbocycles. The molecule has 5 rings (SSSR count). The normalized spacial score (nSPS) is 14.5. The molecule has 176 valence electrons. The maximum Gasteiger partial charge on any atom is 0.436 e. The van der Waals surface area contributed by atoms with Crippen molar-refractivity contribution in [2.75, 3.05) is 17.0 Å². The van der Waals surface area contributed by atoms with Gasteiger partial charge in [0.15, 0.2) is 0 Å². The fourth-order valence-electron chi connectivity index (χ4n) is 4.33. The zero-order valence-corrected chi connectivity index (χ0v) is 18.5. The van der Waals surface area contributed by atoms with Gasteiger partial charge >= 0.3 is 6.09 Å². The number of benzene rings is 3. The van der Waals surface area contributed by atoms with E-state index in [0.29, 0.717) is 22.8 Å². The summed E-state index contributed by atoms with van der Waals surface area (Å²) in [7, 11) is 0. The molecule has 9 nitrogen and oxygen atoms in total. The molecule has 4 amide bonds. The lowest BCUT2D eigenvalue weighted by atomic mass is 9.98. The van der Waals surface area contributed by atoms with Gasteiger partial charge in [0.25, 0.3) is 11.8 Å². The standard InChI is InChI=1S/C26H21N3O6/c30-16-28(34-15-23-21-7-3-1-5-19(21)20-6-2-4-8-22(20)23)18-11-9-17(10-12-18)27-26(33)35-29-24(31)13-14-25(29)32/h1-12,16,23H,13-15H2,(H,27,33). The van der Waals surface area contributed by atoms with Crippen LogP contribution < -0.4 is 10.4 Å². The predicted molar refractivity (Wildman–Crippen MR) is 126 cm³/mol. The summed E-state index contributed by atoms with van der Waals surface area (Å²) in [5, 5.41) is 4.03. The molecular formula is C26H21N3O6. The topological polar surface area (TPSA) is 105 Å². The Bertz CT molecular complexity index is 1240. The molecule has 0 spiro atoms. The molecule has 2 aliphatic rings. The van der Waals surface area contributed by atoms with Gasteiger partial charge in [-0.3, -0.25) is 24.5 Å². The van der Waals surface area contributed by atoms with Crippen LogP contribution >= 0.6 is 0 Å². The molecule has 0 bridgehead atoms. The summed E-state index contributed by atoms with van der Waals surface area (Å²) in [6, 6.07) is 22.5. The van der Waals surface area contributed by atoms with Crippen LogP contribution in [-0.4, -0.2) is 36.0 Å². The number of carbonyl (C=O) groups is 4. The van der Waals surface area contributed by atoms with Crippen molar-refractivity contribution in [3.63, 3.8) is 0 Å². The number of nitrogens with one attached hydrogen (secondary N) is 1. The van der Waals surface area contributed by atoms with Gasteiger partial charge in [0.05, 0.1) is 12.3 Å². The average Bonchev–Trinajstić information content (AvgIpc) is 3.37. The Kier molecular flexibility index (Phi) is 5.99. The van der Waals surface area contributed by atoms with E-state index in [0.717, 1.165) is 27.3 Å². The van der Waals surface area contributed by atoms with E-state index in [1.807, 2.05) is 24.3 Å². The van der Waals surface area contributed by atoms with Crippen LogP contribution in [-0.2, 0) is 24.1 Å². The summed E-state index contributed by atoms with van der Waals surface area (Å²) < 4.78 is 0. The molecule has 3 aromatic rings. The highest BCUT2D eigenvalue weighted by atomic mass is 16.7. The van der Waals surface area contributed by atoms with Gasteiger partial charge in [-0.1, -0.05) is 48.5 Å². The van der Waals surface area contributed by atoms with Gasteiger partial charge in [-0.2, -0.15) is 5.06 Å². The summed E-state index contributed by atoms with van der Waals surface area (Å²) >= 11 is 0. The monoisotopic (exact) mass is 471 g/mol. The van der Waals surface area contributed by atoms with E-state index in [2.05, 4.69) is 29.6 Å². The average molecular weight is 471 g/mol. The van der Waals surface area contributed by atoms with Crippen LogP contribution in [0.25, 0.3) is 11.1 Å². The van der Waals surface area contributed by atoms with Crippen molar-refractivity contribution in [3.8, 4) is 11.1 Å². The molecular weight excluding hydrogens is 450 g/mol. The highest BCUT2D eigenvalue weighted by Gasteiger charge is 2.33. The number of hydrogen-bond acceptors (Lipinski definition) is 6. The van der Waals surface area contributed by atoms with E-state index in [-0.39, 0.29) is 25.4 Å². The number of carbonyl (C=O) groups excluding carboxylic acids is 4. The van der Waals surface area contributed by atoms with E-state index in [1.165, 1.54) is 0 Å². The minimum absolute atomic E-state index is 0.0143. The van der Waals surface area contributed by atoms with Crippen molar-refractivity contribution >= 4 is 35.7 Å². The van der Waals surface area contributed by atoms with Crippen molar-refractivity contribution in [2.24, 2.45) is 0 Å². The first-order valence-corrected chi connectivity index (χ1v) is 11.1. The minimum Gasteiger partial charge on any atom is -0.311 e. The van der Waals surface area contributed by atoms with Crippen LogP contribution in [0, 0.1) is 0 Å². The lowest BCUT2D eigenvalue weighted by molar-refractivity contribution is -0.170. The number of hydrogen-bond donors (Lipinski definition) is 1. The molecule has 0 saturated carbocycles. The molecule has 0 unspecified atom stereocenters. The summed E-state index contributed by atoms with van der Waals surface area (Å²) in [4.78, 5) is 57.6. The Morgan fingerprint density at radius 2 is 1.49 bits per heavy atom. The number of hydroxylamine groups is 3. The second kappa shape index (κ2) is 9.40. The fourth-order valence-corrected chi connectivity index (χ4v) is 4.33. The quantitative estimate of drug-likeness (QED) is 0.317. The van der Waals surface area contributed by atoms with E-state index >= 15 is 0 Å². The van der Waals surface area contributed by atoms with Gasteiger partial charge in [-0.15, -0.1) is 5.06 Å². The van der Waals surface area contributed by atoms with Gasteiger partial charge in [0, 0.05) is 24.4 Å². The number of anilines is 2. The number of imide groups is 1. The van der Waals surface area contributed by atoms with E-state index in [4.69, 9.17) is 9.68 Å². The van der Waals surface area contributed by atoms with Crippen molar-refractivity contribution in [3.05, 3.63) is 83.9 Å². The van der Waals surface area contributed by atoms with Crippen molar-refractivity contribution in [2.45, 2.75) is 18.8 Å². The van der Waals surface area contributed by atoms with Gasteiger partial charge in [0.1, 0.15) is 0 Å². The molecule has 1 aliphatic heterocycles. The van der Waals surface area contributed by atoms with Crippen LogP contribution in [0.15, 0.2) is 72.8 Å². The fraction of sp³-hybridized carbons (Fsp3) is 0.154. The summed E-state index contributed by atoms with van der Waals surface area (Å²) in [6.07, 6.45) is -0.363. The zero-order valence-electron chi connectivity index (χ0n) is 18.5. The summed E-state index contributed by atoms with van der Waals surface area (Å²) in [5.41, 5.74) is 5.42. The van der Waals surface area contributed by atoms with Crippen molar-refractivity contribution in [1.29, 1.82) is 0 Å². The molecule has 3 aromatic carbocycles. The highest BCUT2D eigenvalue weighted by Crippen LogP contribution is 2.44. The second-order valence-corrected chi connectivity index (χ2v) is 8.09. The molecule has 1 fully saturated rings. The highest BCUT2D eigenvalue weighted by molar-refractivity contribution is 6.02. The first-order valence-electron chi connectivity index (χ1n) is 11.1. The second-order valence-electron chi connectivity index (χ2n) is 8.09. The number of fused-ring (bicyclic) bond motifs is 3. The van der Waals surface area contributed by atoms with Gasteiger partial charge in [0.2, 0.25) is 6.41 Å². The SMILES string of the molecule is O=CN(OCC1c2ccccc2-c2ccccc21)c1ccc(NC(=O)ON2C(=O)CCC2=O)cc1. The minimum atomic E-state index is -0.969. The first-order chi connectivity index (χ1) is 17.0. The Morgan fingerprint density at radius 1 is 0.914 bits per heavy atom. The predicted octanol–water partition coefficient (Wildman–Crippen LogP) is 4.01. The Balaban J connectivity index is 1.23. The lowest BCUT2D eigenvalue weighted by Gasteiger charge is -2.21. The van der Waals surface area contributed by atoms with E-state index < -0.39 is 17.9 Å². The van der Waals surface area contributed by atoms with Crippen LogP contribution in [0.3, 0.4) is 0 Å². The maximum absolute atomic E-state index is 12.0. The van der Waals surface area contributed by atoms with E-state index in [1.54, 1.807) is 24.3 Å². The number of nitrogens with zero attached hydrogens (tertiary/aromatic N) is 2. The van der Waals surface area contributed by atoms with Gasteiger partial charge in [-0.25, -0.2) is 4.79 Å². The third kappa shape index (κ3) is 4.36. The number of amides is 4. The Labute approximate surface area is 200 Å².